The van der Waals surface area contributed by atoms with Crippen LogP contribution in [-0.2, 0) is 11.0 Å². The molecule has 2 aliphatic rings. The highest BCUT2D eigenvalue weighted by Crippen LogP contribution is 2.46. The minimum absolute atomic E-state index is 0.0303. The summed E-state index contributed by atoms with van der Waals surface area (Å²) in [6, 6.07) is 18.8. The van der Waals surface area contributed by atoms with Crippen LogP contribution in [0, 0.1) is 0 Å². The number of nitrogens with one attached hydrogen (secondary N) is 3. The van der Waals surface area contributed by atoms with E-state index >= 15 is 0 Å². The van der Waals surface area contributed by atoms with Crippen molar-refractivity contribution in [2.24, 2.45) is 0 Å². The number of carbonyl (C=O) groups is 1. The van der Waals surface area contributed by atoms with E-state index in [1.54, 1.807) is 6.20 Å². The van der Waals surface area contributed by atoms with Gasteiger partial charge in [0.15, 0.2) is 11.5 Å². The average Bonchev–Trinajstić information content (AvgIpc) is 3.61. The van der Waals surface area contributed by atoms with Gasteiger partial charge in [0.1, 0.15) is 0 Å². The van der Waals surface area contributed by atoms with Gasteiger partial charge in [0.05, 0.1) is 17.0 Å². The number of aromatic nitrogens is 3. The van der Waals surface area contributed by atoms with Crippen molar-refractivity contribution in [3.05, 3.63) is 77.5 Å². The Balaban J connectivity index is 1.21. The number of amides is 1. The highest BCUT2D eigenvalue weighted by atomic mass is 16.3. The number of nitrogens with zero attached hydrogens (tertiary/aromatic N) is 2. The molecule has 0 unspecified atom stereocenters. The standard InChI is InChI=1S/C32H37N5O2/c1-31(2,3)22-8-6-21(7-9-22)30(39)35-32(17-18-32)23-10-4-20(5-11-23)26-16-19-33-28-27(26)29(37-36-28)34-24-12-14-25(38)15-13-24/h4-11,16,19,24-25,38H,12-15,17-18H2,1-3H3,(H,35,39)(H2,33,34,36,37). The van der Waals surface area contributed by atoms with Crippen LogP contribution in [0.15, 0.2) is 60.8 Å². The molecule has 0 atom stereocenters. The molecule has 0 saturated heterocycles. The van der Waals surface area contributed by atoms with Crippen molar-refractivity contribution in [2.45, 2.75) is 82.4 Å². The van der Waals surface area contributed by atoms with Gasteiger partial charge in [-0.2, -0.15) is 5.10 Å². The number of benzene rings is 2. The van der Waals surface area contributed by atoms with Gasteiger partial charge in [0.2, 0.25) is 0 Å². The summed E-state index contributed by atoms with van der Waals surface area (Å²) in [5, 5.41) is 25.3. The van der Waals surface area contributed by atoms with Gasteiger partial charge in [-0.05, 0) is 84.4 Å². The van der Waals surface area contributed by atoms with Crippen molar-refractivity contribution >= 4 is 22.8 Å². The van der Waals surface area contributed by atoms with Crippen LogP contribution >= 0.6 is 0 Å². The summed E-state index contributed by atoms with van der Waals surface area (Å²) < 4.78 is 0. The first kappa shape index (κ1) is 25.6. The van der Waals surface area contributed by atoms with E-state index in [0.717, 1.165) is 72.1 Å². The van der Waals surface area contributed by atoms with E-state index in [2.05, 4.69) is 83.0 Å². The number of anilines is 1. The minimum atomic E-state index is -0.306. The Morgan fingerprint density at radius 3 is 2.31 bits per heavy atom. The van der Waals surface area contributed by atoms with Crippen molar-refractivity contribution < 1.29 is 9.90 Å². The molecule has 39 heavy (non-hydrogen) atoms. The molecule has 4 N–H and O–H groups in total. The summed E-state index contributed by atoms with van der Waals surface area (Å²) in [7, 11) is 0. The van der Waals surface area contributed by atoms with E-state index in [1.165, 1.54) is 5.56 Å². The Morgan fingerprint density at radius 1 is 0.974 bits per heavy atom. The summed E-state index contributed by atoms with van der Waals surface area (Å²) in [5.41, 5.74) is 5.68. The Morgan fingerprint density at radius 2 is 1.67 bits per heavy atom. The number of pyridine rings is 1. The van der Waals surface area contributed by atoms with Gasteiger partial charge in [0, 0.05) is 17.8 Å². The second-order valence-electron chi connectivity index (χ2n) is 12.2. The SMILES string of the molecule is CC(C)(C)c1ccc(C(=O)NC2(c3ccc(-c4ccnc5[nH]nc(NC6CCC(O)CC6)c45)cc3)CC2)cc1. The number of hydrogen-bond donors (Lipinski definition) is 4. The molecule has 1 amide bonds. The fourth-order valence-corrected chi connectivity index (χ4v) is 5.70. The van der Waals surface area contributed by atoms with Gasteiger partial charge in [-0.15, -0.1) is 0 Å². The van der Waals surface area contributed by atoms with Crippen molar-refractivity contribution in [3.63, 3.8) is 0 Å². The van der Waals surface area contributed by atoms with Crippen molar-refractivity contribution in [2.75, 3.05) is 5.32 Å². The first-order chi connectivity index (χ1) is 18.7. The summed E-state index contributed by atoms with van der Waals surface area (Å²) in [4.78, 5) is 17.6. The molecule has 7 nitrogen and oxygen atoms in total. The van der Waals surface area contributed by atoms with Gasteiger partial charge in [-0.1, -0.05) is 57.2 Å². The molecular formula is C32H37N5O2. The quantitative estimate of drug-likeness (QED) is 0.246. The highest BCUT2D eigenvalue weighted by Gasteiger charge is 2.45. The van der Waals surface area contributed by atoms with Crippen LogP contribution in [0.25, 0.3) is 22.2 Å². The number of aliphatic hydroxyl groups excluding tert-OH is 1. The number of aromatic amines is 1. The molecule has 202 valence electrons. The van der Waals surface area contributed by atoms with Gasteiger partial charge in [-0.3, -0.25) is 9.89 Å². The predicted molar refractivity (Wildman–Crippen MR) is 155 cm³/mol. The van der Waals surface area contributed by atoms with Crippen LogP contribution in [-0.4, -0.2) is 38.3 Å². The lowest BCUT2D eigenvalue weighted by Crippen LogP contribution is -2.34. The maximum Gasteiger partial charge on any atom is 0.251 e. The third-order valence-electron chi connectivity index (χ3n) is 8.36. The number of aliphatic hydroxyl groups is 1. The van der Waals surface area contributed by atoms with Crippen molar-refractivity contribution in [1.29, 1.82) is 0 Å². The maximum atomic E-state index is 13.1. The summed E-state index contributed by atoms with van der Waals surface area (Å²) in [6.45, 7) is 6.53. The van der Waals surface area contributed by atoms with Crippen LogP contribution in [0.2, 0.25) is 0 Å². The van der Waals surface area contributed by atoms with Crippen LogP contribution in [0.3, 0.4) is 0 Å². The van der Waals surface area contributed by atoms with E-state index in [1.807, 2.05) is 18.2 Å². The lowest BCUT2D eigenvalue weighted by Gasteiger charge is -2.26. The monoisotopic (exact) mass is 523 g/mol. The van der Waals surface area contributed by atoms with Gasteiger partial charge in [-0.25, -0.2) is 4.98 Å². The second kappa shape index (κ2) is 9.79. The molecule has 2 aromatic carbocycles. The second-order valence-corrected chi connectivity index (χ2v) is 12.2. The predicted octanol–water partition coefficient (Wildman–Crippen LogP) is 6.06. The molecule has 2 aliphatic carbocycles. The zero-order valence-electron chi connectivity index (χ0n) is 22.9. The number of H-pyrrole nitrogens is 1. The smallest absolute Gasteiger partial charge is 0.251 e. The van der Waals surface area contributed by atoms with Gasteiger partial charge < -0.3 is 15.7 Å². The fraction of sp³-hybridized carbons (Fsp3) is 0.406. The first-order valence-electron chi connectivity index (χ1n) is 14.0. The number of fused-ring (bicyclic) bond motifs is 1. The number of hydrogen-bond acceptors (Lipinski definition) is 5. The Labute approximate surface area is 229 Å². The van der Waals surface area contributed by atoms with E-state index in [0.29, 0.717) is 11.6 Å². The maximum absolute atomic E-state index is 13.1. The summed E-state index contributed by atoms with van der Waals surface area (Å²) >= 11 is 0. The Hall–Kier alpha value is -3.71. The van der Waals surface area contributed by atoms with Crippen LogP contribution in [0.5, 0.6) is 0 Å². The van der Waals surface area contributed by atoms with Gasteiger partial charge in [0.25, 0.3) is 5.91 Å². The first-order valence-corrected chi connectivity index (χ1v) is 14.0. The minimum Gasteiger partial charge on any atom is -0.393 e. The van der Waals surface area contributed by atoms with Crippen LogP contribution in [0.1, 0.15) is 80.8 Å². The Kier molecular flexibility index (Phi) is 6.42. The molecule has 0 radical (unpaired) electrons. The average molecular weight is 524 g/mol. The third-order valence-corrected chi connectivity index (χ3v) is 8.36. The topological polar surface area (TPSA) is 103 Å². The molecule has 2 saturated carbocycles. The van der Waals surface area contributed by atoms with E-state index in [9.17, 15) is 9.90 Å². The number of carbonyl (C=O) groups excluding carboxylic acids is 1. The molecule has 0 aliphatic heterocycles. The molecule has 4 aromatic rings. The van der Waals surface area contributed by atoms with Gasteiger partial charge >= 0.3 is 0 Å². The van der Waals surface area contributed by atoms with Crippen LogP contribution in [0.4, 0.5) is 5.82 Å². The van der Waals surface area contributed by atoms with Crippen LogP contribution < -0.4 is 10.6 Å². The number of rotatable bonds is 6. The molecule has 0 bridgehead atoms. The summed E-state index contributed by atoms with van der Waals surface area (Å²) in [5.74, 6) is 0.777. The van der Waals surface area contributed by atoms with E-state index in [4.69, 9.17) is 0 Å². The third kappa shape index (κ3) is 5.15. The Bertz CT molecular complexity index is 1470. The largest absolute Gasteiger partial charge is 0.393 e. The molecular weight excluding hydrogens is 486 g/mol. The zero-order valence-corrected chi connectivity index (χ0v) is 22.9. The lowest BCUT2D eigenvalue weighted by molar-refractivity contribution is 0.0930. The zero-order chi connectivity index (χ0) is 27.2. The lowest BCUT2D eigenvalue weighted by atomic mass is 9.86. The highest BCUT2D eigenvalue weighted by molar-refractivity contribution is 6.00. The molecule has 2 fully saturated rings. The molecule has 2 aromatic heterocycles. The molecule has 0 spiro atoms. The fourth-order valence-electron chi connectivity index (χ4n) is 5.70. The molecule has 2 heterocycles. The van der Waals surface area contributed by atoms with Crippen molar-refractivity contribution in [1.82, 2.24) is 20.5 Å². The normalized spacial score (nSPS) is 20.5. The summed E-state index contributed by atoms with van der Waals surface area (Å²) in [6.07, 6.45) is 6.96. The van der Waals surface area contributed by atoms with Crippen molar-refractivity contribution in [3.8, 4) is 11.1 Å². The molecule has 7 heteroatoms. The van der Waals surface area contributed by atoms with E-state index in [-0.39, 0.29) is 23.0 Å². The van der Waals surface area contributed by atoms with E-state index < -0.39 is 0 Å². The molecule has 6 rings (SSSR count).